The molecule has 0 saturated carbocycles. The molecular weight excluding hydrogens is 241 g/mol. The van der Waals surface area contributed by atoms with Crippen LogP contribution in [0.2, 0.25) is 0 Å². The summed E-state index contributed by atoms with van der Waals surface area (Å²) in [5.41, 5.74) is 8.79. The van der Waals surface area contributed by atoms with E-state index >= 15 is 0 Å². The van der Waals surface area contributed by atoms with E-state index in [2.05, 4.69) is 0 Å². The summed E-state index contributed by atoms with van der Waals surface area (Å²) in [5.74, 6) is -0.0662. The van der Waals surface area contributed by atoms with Gasteiger partial charge in [0.15, 0.2) is 11.6 Å². The highest BCUT2D eigenvalue weighted by atomic mass is 19.1. The van der Waals surface area contributed by atoms with E-state index in [4.69, 9.17) is 10.5 Å². The number of rotatable bonds is 4. The molecule has 0 heterocycles. The molecule has 0 fully saturated rings. The first-order valence-electron chi connectivity index (χ1n) is 6.28. The minimum absolute atomic E-state index is 0.254. The Morgan fingerprint density at radius 1 is 1.05 bits per heavy atom. The molecule has 0 amide bonds. The second-order valence-corrected chi connectivity index (χ2v) is 4.66. The molecule has 3 heteroatoms. The fourth-order valence-electron chi connectivity index (χ4n) is 2.00. The molecule has 100 valence electrons. The highest BCUT2D eigenvalue weighted by Crippen LogP contribution is 2.22. The van der Waals surface area contributed by atoms with Crippen LogP contribution in [0.5, 0.6) is 5.75 Å². The number of ether oxygens (including phenoxy) is 1. The van der Waals surface area contributed by atoms with Gasteiger partial charge < -0.3 is 10.5 Å². The van der Waals surface area contributed by atoms with Gasteiger partial charge in [-0.05, 0) is 36.6 Å². The summed E-state index contributed by atoms with van der Waals surface area (Å²) in [6.45, 7) is 3.97. The Labute approximate surface area is 113 Å². The fourth-order valence-corrected chi connectivity index (χ4v) is 2.00. The summed E-state index contributed by atoms with van der Waals surface area (Å²) in [6, 6.07) is 12.7. The van der Waals surface area contributed by atoms with Gasteiger partial charge in [-0.3, -0.25) is 0 Å². The lowest BCUT2D eigenvalue weighted by Crippen LogP contribution is -2.20. The number of nitrogens with two attached hydrogens (primary N) is 1. The van der Waals surface area contributed by atoms with Crippen molar-refractivity contribution in [3.05, 3.63) is 65.0 Å². The van der Waals surface area contributed by atoms with Crippen LogP contribution in [0.15, 0.2) is 42.5 Å². The number of hydrogen-bond acceptors (Lipinski definition) is 2. The molecule has 0 bridgehead atoms. The van der Waals surface area contributed by atoms with Gasteiger partial charge in [0, 0.05) is 0 Å². The second-order valence-electron chi connectivity index (χ2n) is 4.66. The van der Waals surface area contributed by atoms with Crippen molar-refractivity contribution < 1.29 is 9.13 Å². The van der Waals surface area contributed by atoms with Crippen LogP contribution in [-0.2, 0) is 0 Å². The molecule has 2 aromatic carbocycles. The van der Waals surface area contributed by atoms with Crippen LogP contribution >= 0.6 is 0 Å². The molecule has 2 nitrogen and oxygen atoms in total. The predicted molar refractivity (Wildman–Crippen MR) is 74.7 cm³/mol. The van der Waals surface area contributed by atoms with Crippen molar-refractivity contribution in [2.45, 2.75) is 19.9 Å². The summed E-state index contributed by atoms with van der Waals surface area (Å²) in [6.07, 6.45) is 0. The van der Waals surface area contributed by atoms with Gasteiger partial charge in [0.1, 0.15) is 6.61 Å². The van der Waals surface area contributed by atoms with E-state index in [1.165, 1.54) is 0 Å². The molecule has 0 aliphatic heterocycles. The molecule has 0 aliphatic rings. The van der Waals surface area contributed by atoms with Crippen LogP contribution in [0.3, 0.4) is 0 Å². The smallest absolute Gasteiger partial charge is 0.167 e. The Kier molecular flexibility index (Phi) is 4.17. The number of aryl methyl sites for hydroxylation is 2. The standard InChI is InChI=1S/C16H18FNO/c1-11-6-3-4-8-13(11)14(18)10-19-15-9-5-7-12(2)16(15)17/h3-9,14H,10,18H2,1-2H3. The number of benzene rings is 2. The first-order chi connectivity index (χ1) is 9.09. The molecule has 1 atom stereocenters. The van der Waals surface area contributed by atoms with Gasteiger partial charge in [-0.15, -0.1) is 0 Å². The summed E-state index contributed by atoms with van der Waals surface area (Å²) in [7, 11) is 0. The molecule has 0 saturated heterocycles. The maximum atomic E-state index is 13.8. The van der Waals surface area contributed by atoms with Crippen LogP contribution in [-0.4, -0.2) is 6.61 Å². The summed E-state index contributed by atoms with van der Waals surface area (Å²) in [4.78, 5) is 0. The molecule has 0 aromatic heterocycles. The van der Waals surface area contributed by atoms with Crippen molar-refractivity contribution >= 4 is 0 Å². The largest absolute Gasteiger partial charge is 0.489 e. The van der Waals surface area contributed by atoms with E-state index < -0.39 is 0 Å². The summed E-state index contributed by atoms with van der Waals surface area (Å²) < 4.78 is 19.3. The number of halogens is 1. The Morgan fingerprint density at radius 3 is 2.47 bits per heavy atom. The van der Waals surface area contributed by atoms with E-state index in [0.29, 0.717) is 5.56 Å². The zero-order valence-corrected chi connectivity index (χ0v) is 11.2. The lowest BCUT2D eigenvalue weighted by molar-refractivity contribution is 0.276. The van der Waals surface area contributed by atoms with Crippen molar-refractivity contribution in [1.29, 1.82) is 0 Å². The van der Waals surface area contributed by atoms with Gasteiger partial charge in [-0.1, -0.05) is 36.4 Å². The molecule has 19 heavy (non-hydrogen) atoms. The van der Waals surface area contributed by atoms with Crippen LogP contribution in [0.4, 0.5) is 4.39 Å². The van der Waals surface area contributed by atoms with Crippen LogP contribution in [0, 0.1) is 19.7 Å². The lowest BCUT2D eigenvalue weighted by atomic mass is 10.0. The molecule has 0 aliphatic carbocycles. The van der Waals surface area contributed by atoms with Gasteiger partial charge in [0.05, 0.1) is 6.04 Å². The zero-order chi connectivity index (χ0) is 13.8. The zero-order valence-electron chi connectivity index (χ0n) is 11.2. The van der Waals surface area contributed by atoms with Gasteiger partial charge in [-0.2, -0.15) is 0 Å². The molecule has 0 radical (unpaired) electrons. The van der Waals surface area contributed by atoms with Gasteiger partial charge in [-0.25, -0.2) is 4.39 Å². The van der Waals surface area contributed by atoms with Gasteiger partial charge in [0.2, 0.25) is 0 Å². The van der Waals surface area contributed by atoms with Gasteiger partial charge in [0.25, 0.3) is 0 Å². The SMILES string of the molecule is Cc1ccccc1C(N)COc1cccc(C)c1F. The van der Waals surface area contributed by atoms with E-state index in [9.17, 15) is 4.39 Å². The van der Waals surface area contributed by atoms with E-state index in [1.807, 2.05) is 31.2 Å². The third-order valence-corrected chi connectivity index (χ3v) is 3.16. The Morgan fingerprint density at radius 2 is 1.74 bits per heavy atom. The molecule has 2 aromatic rings. The van der Waals surface area contributed by atoms with Crippen LogP contribution in [0.25, 0.3) is 0 Å². The molecule has 2 rings (SSSR count). The minimum atomic E-state index is -0.320. The highest BCUT2D eigenvalue weighted by molar-refractivity contribution is 5.31. The molecule has 2 N–H and O–H groups in total. The quantitative estimate of drug-likeness (QED) is 0.911. The van der Waals surface area contributed by atoms with Crippen molar-refractivity contribution in [2.75, 3.05) is 6.61 Å². The Hall–Kier alpha value is -1.87. The first kappa shape index (κ1) is 13.6. The highest BCUT2D eigenvalue weighted by Gasteiger charge is 2.11. The summed E-state index contributed by atoms with van der Waals surface area (Å²) >= 11 is 0. The Balaban J connectivity index is 2.07. The van der Waals surface area contributed by atoms with E-state index in [1.54, 1.807) is 25.1 Å². The average molecular weight is 259 g/mol. The van der Waals surface area contributed by atoms with Crippen molar-refractivity contribution in [2.24, 2.45) is 5.73 Å². The van der Waals surface area contributed by atoms with E-state index in [-0.39, 0.29) is 24.2 Å². The maximum Gasteiger partial charge on any atom is 0.167 e. The molecular formula is C16H18FNO. The average Bonchev–Trinajstić information content (AvgIpc) is 2.40. The summed E-state index contributed by atoms with van der Waals surface area (Å²) in [5, 5.41) is 0. The lowest BCUT2D eigenvalue weighted by Gasteiger charge is -2.16. The number of hydrogen-bond donors (Lipinski definition) is 1. The topological polar surface area (TPSA) is 35.2 Å². The minimum Gasteiger partial charge on any atom is -0.489 e. The fraction of sp³-hybridized carbons (Fsp3) is 0.250. The van der Waals surface area contributed by atoms with Crippen LogP contribution in [0.1, 0.15) is 22.7 Å². The molecule has 1 unspecified atom stereocenters. The monoisotopic (exact) mass is 259 g/mol. The first-order valence-corrected chi connectivity index (χ1v) is 6.28. The van der Waals surface area contributed by atoms with Crippen molar-refractivity contribution in [1.82, 2.24) is 0 Å². The van der Waals surface area contributed by atoms with E-state index in [0.717, 1.165) is 11.1 Å². The third kappa shape index (κ3) is 3.12. The molecule has 0 spiro atoms. The second kappa shape index (κ2) is 5.85. The van der Waals surface area contributed by atoms with Gasteiger partial charge >= 0.3 is 0 Å². The van der Waals surface area contributed by atoms with Crippen molar-refractivity contribution in [3.8, 4) is 5.75 Å². The predicted octanol–water partition coefficient (Wildman–Crippen LogP) is 3.52. The normalized spacial score (nSPS) is 12.2. The Bertz CT molecular complexity index is 568. The van der Waals surface area contributed by atoms with Crippen molar-refractivity contribution in [3.63, 3.8) is 0 Å². The van der Waals surface area contributed by atoms with Crippen LogP contribution < -0.4 is 10.5 Å². The maximum absolute atomic E-state index is 13.8. The third-order valence-electron chi connectivity index (χ3n) is 3.16.